The molecule has 0 aliphatic rings. The van der Waals surface area contributed by atoms with Crippen molar-refractivity contribution in [1.82, 2.24) is 0 Å². The summed E-state index contributed by atoms with van der Waals surface area (Å²) < 4.78 is 0. The third-order valence-corrected chi connectivity index (χ3v) is 1.78. The molecule has 0 heterocycles. The summed E-state index contributed by atoms with van der Waals surface area (Å²) in [5.74, 6) is -1.75. The summed E-state index contributed by atoms with van der Waals surface area (Å²) >= 11 is 0. The van der Waals surface area contributed by atoms with E-state index in [4.69, 9.17) is 0 Å². The molecule has 0 unspecified atom stereocenters. The van der Waals surface area contributed by atoms with E-state index in [1.54, 1.807) is 0 Å². The number of carbonyl (C=O) groups excluding carboxylic acids is 4. The van der Waals surface area contributed by atoms with Crippen LogP contribution in [0.15, 0.2) is 49.4 Å². The smallest absolute Gasteiger partial charge is 0.876 e. The fourth-order valence-electron chi connectivity index (χ4n) is 1.11. The number of hydrogen-bond donors (Lipinski definition) is 0. The second kappa shape index (κ2) is 23.8. The molecule has 8 nitrogen and oxygen atoms in total. The molecule has 0 rings (SSSR count). The van der Waals surface area contributed by atoms with Gasteiger partial charge in [-0.3, -0.25) is 19.2 Å². The summed E-state index contributed by atoms with van der Waals surface area (Å²) in [5, 5.41) is 39.7. The minimum Gasteiger partial charge on any atom is -0.876 e. The van der Waals surface area contributed by atoms with Gasteiger partial charge in [0.05, 0.1) is 0 Å². The SMILES string of the molecule is C=C([O-])CC(C)=O.C=C([O-])CC(C)=O.C=C([O-])CC(C)=O.C=C([O-])CC(C)=O.[Zr+4]. The van der Waals surface area contributed by atoms with Crippen LogP contribution in [-0.4, -0.2) is 23.1 Å². The molecule has 160 valence electrons. The van der Waals surface area contributed by atoms with Crippen LogP contribution in [-0.2, 0) is 45.4 Å². The predicted octanol–water partition coefficient (Wildman–Crippen LogP) is -0.644. The van der Waals surface area contributed by atoms with Crippen LogP contribution in [0.4, 0.5) is 0 Å². The molecule has 0 amide bonds. The van der Waals surface area contributed by atoms with Gasteiger partial charge in [-0.2, -0.15) is 0 Å². The Kier molecular flexibility index (Phi) is 30.7. The third kappa shape index (κ3) is 76.9. The molecule has 0 bridgehead atoms. The van der Waals surface area contributed by atoms with Crippen LogP contribution < -0.4 is 20.4 Å². The van der Waals surface area contributed by atoms with Crippen LogP contribution in [0.3, 0.4) is 0 Å². The van der Waals surface area contributed by atoms with Gasteiger partial charge in [0.15, 0.2) is 0 Å². The second-order valence-corrected chi connectivity index (χ2v) is 5.67. The fourth-order valence-corrected chi connectivity index (χ4v) is 1.11. The van der Waals surface area contributed by atoms with Crippen molar-refractivity contribution in [2.75, 3.05) is 0 Å². The van der Waals surface area contributed by atoms with E-state index in [-0.39, 0.29) is 98.1 Å². The summed E-state index contributed by atoms with van der Waals surface area (Å²) in [6.07, 6.45) is -0.111. The molecule has 0 radical (unpaired) electrons. The summed E-state index contributed by atoms with van der Waals surface area (Å²) in [5.41, 5.74) is 0. The van der Waals surface area contributed by atoms with Crippen molar-refractivity contribution < 1.29 is 65.8 Å². The number of carbonyl (C=O) groups is 4. The summed E-state index contributed by atoms with van der Waals surface area (Å²) in [7, 11) is 0. The first-order valence-electron chi connectivity index (χ1n) is 7.88. The maximum absolute atomic E-state index is 9.99. The molecule has 0 aromatic heterocycles. The van der Waals surface area contributed by atoms with Crippen molar-refractivity contribution >= 4 is 23.1 Å². The Labute approximate surface area is 191 Å². The van der Waals surface area contributed by atoms with Gasteiger partial charge in [0.2, 0.25) is 0 Å². The third-order valence-electron chi connectivity index (χ3n) is 1.78. The van der Waals surface area contributed by atoms with Gasteiger partial charge < -0.3 is 20.4 Å². The van der Waals surface area contributed by atoms with E-state index in [2.05, 4.69) is 26.3 Å². The molecule has 0 N–H and O–H groups in total. The first-order valence-corrected chi connectivity index (χ1v) is 7.88. The Balaban J connectivity index is -0.0000000873. The van der Waals surface area contributed by atoms with Crippen LogP contribution in [0.2, 0.25) is 0 Å². The van der Waals surface area contributed by atoms with Crippen molar-refractivity contribution in [2.45, 2.75) is 53.4 Å². The summed E-state index contributed by atoms with van der Waals surface area (Å²) in [4.78, 5) is 40.0. The number of ketones is 4. The largest absolute Gasteiger partial charge is 4.00 e. The zero-order valence-electron chi connectivity index (χ0n) is 17.4. The van der Waals surface area contributed by atoms with Crippen molar-refractivity contribution in [3.8, 4) is 0 Å². The van der Waals surface area contributed by atoms with Gasteiger partial charge in [-0.15, -0.1) is 49.4 Å². The van der Waals surface area contributed by atoms with Crippen LogP contribution >= 0.6 is 0 Å². The normalized spacial score (nSPS) is 7.86. The molecule has 29 heavy (non-hydrogen) atoms. The van der Waals surface area contributed by atoms with E-state index in [9.17, 15) is 39.6 Å². The summed E-state index contributed by atoms with van der Waals surface area (Å²) in [6, 6.07) is 0. The Morgan fingerprint density at radius 2 is 0.586 bits per heavy atom. The van der Waals surface area contributed by atoms with Crippen LogP contribution in [0.1, 0.15) is 53.4 Å². The topological polar surface area (TPSA) is 161 Å². The molecule has 0 saturated heterocycles. The Morgan fingerprint density at radius 1 is 0.483 bits per heavy atom. The molecule has 0 fully saturated rings. The van der Waals surface area contributed by atoms with Crippen molar-refractivity contribution in [3.05, 3.63) is 49.4 Å². The Hall–Kier alpha value is -2.28. The predicted molar refractivity (Wildman–Crippen MR) is 97.8 cm³/mol. The average molecular weight is 488 g/mol. The van der Waals surface area contributed by atoms with Crippen LogP contribution in [0.25, 0.3) is 0 Å². The Bertz CT molecular complexity index is 439. The van der Waals surface area contributed by atoms with Crippen molar-refractivity contribution in [2.24, 2.45) is 0 Å². The molecule has 0 aliphatic carbocycles. The first kappa shape index (κ1) is 37.5. The number of Topliss-reactive ketones (excluding diaryl/α,β-unsaturated/α-hetero) is 4. The minimum absolute atomic E-state index is 0. The number of hydrogen-bond acceptors (Lipinski definition) is 8. The van der Waals surface area contributed by atoms with Gasteiger partial charge >= 0.3 is 26.2 Å². The second-order valence-electron chi connectivity index (χ2n) is 5.67. The zero-order valence-corrected chi connectivity index (χ0v) is 19.9. The van der Waals surface area contributed by atoms with E-state index in [0.717, 1.165) is 0 Å². The molecule has 9 heteroatoms. The molecule has 0 aliphatic heterocycles. The monoisotopic (exact) mass is 486 g/mol. The maximum atomic E-state index is 9.99. The molecule has 0 spiro atoms. The standard InChI is InChI=1S/4C5H8O2.Zr/c4*1-4(6)3-5(2)7;/h4*6H,1,3H2,2H3;/q;;;;+4/p-4. The van der Waals surface area contributed by atoms with Gasteiger partial charge in [0.1, 0.15) is 23.1 Å². The van der Waals surface area contributed by atoms with E-state index >= 15 is 0 Å². The minimum atomic E-state index is -0.312. The van der Waals surface area contributed by atoms with Gasteiger partial charge in [-0.25, -0.2) is 0 Å². The van der Waals surface area contributed by atoms with Gasteiger partial charge in [0, 0.05) is 25.7 Å². The van der Waals surface area contributed by atoms with Gasteiger partial charge in [-0.1, -0.05) is 0 Å². The first-order chi connectivity index (χ1) is 12.5. The Morgan fingerprint density at radius 3 is 0.586 bits per heavy atom. The molecule has 0 aromatic carbocycles. The fraction of sp³-hybridized carbons (Fsp3) is 0.400. The average Bonchev–Trinajstić information content (AvgIpc) is 2.32. The molecule has 0 saturated carbocycles. The van der Waals surface area contributed by atoms with Gasteiger partial charge in [-0.05, 0) is 27.7 Å². The van der Waals surface area contributed by atoms with E-state index < -0.39 is 0 Å². The van der Waals surface area contributed by atoms with Crippen LogP contribution in [0, 0.1) is 0 Å². The molecule has 0 atom stereocenters. The van der Waals surface area contributed by atoms with Gasteiger partial charge in [0.25, 0.3) is 0 Å². The number of allylic oxidation sites excluding steroid dienone is 4. The zero-order chi connectivity index (χ0) is 23.4. The molecular formula is C20H28O8Zr. The van der Waals surface area contributed by atoms with Crippen molar-refractivity contribution in [1.29, 1.82) is 0 Å². The van der Waals surface area contributed by atoms with E-state index in [1.807, 2.05) is 0 Å². The van der Waals surface area contributed by atoms with Crippen LogP contribution in [0.5, 0.6) is 0 Å². The van der Waals surface area contributed by atoms with E-state index in [0.29, 0.717) is 0 Å². The van der Waals surface area contributed by atoms with Crippen molar-refractivity contribution in [3.63, 3.8) is 0 Å². The van der Waals surface area contributed by atoms with E-state index in [1.165, 1.54) is 27.7 Å². The number of rotatable bonds is 8. The summed E-state index contributed by atoms with van der Waals surface area (Å²) in [6.45, 7) is 17.5. The quantitative estimate of drug-likeness (QED) is 0.408. The maximum Gasteiger partial charge on any atom is 4.00 e. The molecular weight excluding hydrogens is 459 g/mol. The molecule has 0 aromatic rings.